The predicted molar refractivity (Wildman–Crippen MR) is 60.3 cm³/mol. The minimum Gasteiger partial charge on any atom is -0.225 e. The molecule has 0 radical (unpaired) electrons. The van der Waals surface area contributed by atoms with Gasteiger partial charge in [-0.1, -0.05) is 23.2 Å². The molecule has 1 aromatic carbocycles. The van der Waals surface area contributed by atoms with E-state index in [2.05, 4.69) is 0 Å². The number of rotatable bonds is 2. The first-order valence-electron chi connectivity index (χ1n) is 3.72. The van der Waals surface area contributed by atoms with Crippen molar-refractivity contribution in [3.8, 4) is 0 Å². The maximum absolute atomic E-state index is 10.8. The van der Waals surface area contributed by atoms with Crippen LogP contribution in [0.3, 0.4) is 0 Å². The van der Waals surface area contributed by atoms with Crippen LogP contribution in [0.25, 0.3) is 6.08 Å². The minimum absolute atomic E-state index is 0.467. The highest BCUT2D eigenvalue weighted by Crippen LogP contribution is 2.21. The molecule has 0 aliphatic carbocycles. The van der Waals surface area contributed by atoms with Gasteiger partial charge >= 0.3 is 0 Å². The summed E-state index contributed by atoms with van der Waals surface area (Å²) in [5, 5.41) is 2.07. The Morgan fingerprint density at radius 2 is 1.93 bits per heavy atom. The van der Waals surface area contributed by atoms with Gasteiger partial charge in [0.2, 0.25) is 0 Å². The molecule has 5 heteroatoms. The van der Waals surface area contributed by atoms with E-state index in [1.165, 1.54) is 6.08 Å². The van der Waals surface area contributed by atoms with Gasteiger partial charge in [-0.25, -0.2) is 8.42 Å². The lowest BCUT2D eigenvalue weighted by Gasteiger charge is -1.97. The molecular weight excluding hydrogens is 243 g/mol. The van der Waals surface area contributed by atoms with Gasteiger partial charge in [0.05, 0.1) is 0 Å². The van der Waals surface area contributed by atoms with Gasteiger partial charge in [-0.05, 0) is 29.8 Å². The van der Waals surface area contributed by atoms with Crippen LogP contribution in [0.4, 0.5) is 0 Å². The first-order chi connectivity index (χ1) is 6.38. The Morgan fingerprint density at radius 3 is 2.50 bits per heavy atom. The highest BCUT2D eigenvalue weighted by molar-refractivity contribution is 7.93. The van der Waals surface area contributed by atoms with Crippen LogP contribution in [0, 0.1) is 0 Å². The van der Waals surface area contributed by atoms with Crippen LogP contribution >= 0.6 is 23.2 Å². The summed E-state index contributed by atoms with van der Waals surface area (Å²) in [6, 6.07) is 4.86. The molecule has 0 saturated carbocycles. The Balaban J connectivity index is 3.09. The van der Waals surface area contributed by atoms with Gasteiger partial charge < -0.3 is 0 Å². The van der Waals surface area contributed by atoms with Crippen molar-refractivity contribution in [1.82, 2.24) is 0 Å². The highest BCUT2D eigenvalue weighted by atomic mass is 35.5. The van der Waals surface area contributed by atoms with Crippen molar-refractivity contribution in [2.45, 2.75) is 0 Å². The number of benzene rings is 1. The van der Waals surface area contributed by atoms with Crippen LogP contribution in [0.5, 0.6) is 0 Å². The third-order valence-electron chi connectivity index (χ3n) is 1.45. The Bertz CT molecular complexity index is 464. The number of sulfone groups is 1. The molecule has 0 amide bonds. The molecule has 0 heterocycles. The highest BCUT2D eigenvalue weighted by Gasteiger charge is 1.99. The SMILES string of the molecule is CS(=O)(=O)C=Cc1cc(Cl)ccc1Cl. The van der Waals surface area contributed by atoms with Crippen molar-refractivity contribution >= 4 is 39.1 Å². The van der Waals surface area contributed by atoms with Gasteiger partial charge in [0.1, 0.15) is 0 Å². The second-order valence-corrected chi connectivity index (χ2v) is 5.57. The van der Waals surface area contributed by atoms with E-state index in [4.69, 9.17) is 23.2 Å². The van der Waals surface area contributed by atoms with Gasteiger partial charge in [0.25, 0.3) is 0 Å². The summed E-state index contributed by atoms with van der Waals surface area (Å²) in [4.78, 5) is 0. The van der Waals surface area contributed by atoms with Crippen LogP contribution in [-0.2, 0) is 9.84 Å². The molecule has 0 fully saturated rings. The van der Waals surface area contributed by atoms with E-state index in [9.17, 15) is 8.42 Å². The van der Waals surface area contributed by atoms with Crippen molar-refractivity contribution in [3.05, 3.63) is 39.2 Å². The third-order valence-corrected chi connectivity index (χ3v) is 2.66. The second-order valence-electron chi connectivity index (χ2n) is 2.80. The molecule has 0 unspecified atom stereocenters. The van der Waals surface area contributed by atoms with E-state index in [-0.39, 0.29) is 0 Å². The van der Waals surface area contributed by atoms with Crippen LogP contribution in [0.15, 0.2) is 23.6 Å². The molecule has 0 aliphatic rings. The number of halogens is 2. The van der Waals surface area contributed by atoms with Crippen molar-refractivity contribution in [2.24, 2.45) is 0 Å². The fraction of sp³-hybridized carbons (Fsp3) is 0.111. The Morgan fingerprint density at radius 1 is 1.29 bits per heavy atom. The van der Waals surface area contributed by atoms with Crippen LogP contribution < -0.4 is 0 Å². The molecule has 76 valence electrons. The van der Waals surface area contributed by atoms with Crippen molar-refractivity contribution in [3.63, 3.8) is 0 Å². The third kappa shape index (κ3) is 3.70. The molecular formula is C9H8Cl2O2S. The molecule has 2 nitrogen and oxygen atoms in total. The van der Waals surface area contributed by atoms with Gasteiger partial charge in [-0.2, -0.15) is 0 Å². The Labute approximate surface area is 93.1 Å². The summed E-state index contributed by atoms with van der Waals surface area (Å²) in [5.41, 5.74) is 0.588. The lowest BCUT2D eigenvalue weighted by molar-refractivity contribution is 0.610. The summed E-state index contributed by atoms with van der Waals surface area (Å²) < 4.78 is 21.7. The summed E-state index contributed by atoms with van der Waals surface area (Å²) in [6.45, 7) is 0. The van der Waals surface area contributed by atoms with E-state index in [1.54, 1.807) is 18.2 Å². The van der Waals surface area contributed by atoms with Gasteiger partial charge in [0, 0.05) is 21.7 Å². The van der Waals surface area contributed by atoms with Gasteiger partial charge in [-0.15, -0.1) is 0 Å². The quantitative estimate of drug-likeness (QED) is 0.809. The fourth-order valence-corrected chi connectivity index (χ4v) is 1.59. The number of hydrogen-bond acceptors (Lipinski definition) is 2. The topological polar surface area (TPSA) is 34.1 Å². The van der Waals surface area contributed by atoms with E-state index in [0.717, 1.165) is 11.7 Å². The minimum atomic E-state index is -3.13. The van der Waals surface area contributed by atoms with E-state index in [1.807, 2.05) is 0 Å². The van der Waals surface area contributed by atoms with Gasteiger partial charge in [-0.3, -0.25) is 0 Å². The average Bonchev–Trinajstić information content (AvgIpc) is 2.05. The predicted octanol–water partition coefficient (Wildman–Crippen LogP) is 3.01. The summed E-state index contributed by atoms with van der Waals surface area (Å²) in [6.07, 6.45) is 2.53. The zero-order valence-electron chi connectivity index (χ0n) is 7.37. The molecule has 0 saturated heterocycles. The smallest absolute Gasteiger partial charge is 0.168 e. The lowest BCUT2D eigenvalue weighted by Crippen LogP contribution is -1.87. The summed E-state index contributed by atoms with van der Waals surface area (Å²) in [7, 11) is -3.13. The molecule has 0 N–H and O–H groups in total. The standard InChI is InChI=1S/C9H8Cl2O2S/c1-14(12,13)5-4-7-6-8(10)2-3-9(7)11/h2-6H,1H3. The van der Waals surface area contributed by atoms with E-state index < -0.39 is 9.84 Å². The monoisotopic (exact) mass is 250 g/mol. The summed E-state index contributed by atoms with van der Waals surface area (Å²) >= 11 is 11.5. The lowest BCUT2D eigenvalue weighted by atomic mass is 10.2. The zero-order valence-corrected chi connectivity index (χ0v) is 9.70. The van der Waals surface area contributed by atoms with E-state index in [0.29, 0.717) is 15.6 Å². The molecule has 1 rings (SSSR count). The molecule has 0 aliphatic heterocycles. The summed E-state index contributed by atoms with van der Waals surface area (Å²) in [5.74, 6) is 0. The average molecular weight is 251 g/mol. The molecule has 0 bridgehead atoms. The van der Waals surface area contributed by atoms with Crippen molar-refractivity contribution in [2.75, 3.05) is 6.26 Å². The van der Waals surface area contributed by atoms with Crippen LogP contribution in [-0.4, -0.2) is 14.7 Å². The second kappa shape index (κ2) is 4.34. The molecule has 0 spiro atoms. The first kappa shape index (κ1) is 11.6. The molecule has 0 atom stereocenters. The largest absolute Gasteiger partial charge is 0.225 e. The normalized spacial score (nSPS) is 12.2. The maximum atomic E-state index is 10.8. The van der Waals surface area contributed by atoms with E-state index >= 15 is 0 Å². The Hall–Kier alpha value is -0.510. The zero-order chi connectivity index (χ0) is 10.8. The fourth-order valence-electron chi connectivity index (χ4n) is 0.839. The maximum Gasteiger partial charge on any atom is 0.168 e. The molecule has 0 aromatic heterocycles. The van der Waals surface area contributed by atoms with Crippen molar-refractivity contribution < 1.29 is 8.42 Å². The molecule has 14 heavy (non-hydrogen) atoms. The molecule has 1 aromatic rings. The first-order valence-corrected chi connectivity index (χ1v) is 6.43. The van der Waals surface area contributed by atoms with Crippen molar-refractivity contribution in [1.29, 1.82) is 0 Å². The number of hydrogen-bond donors (Lipinski definition) is 0. The van der Waals surface area contributed by atoms with Gasteiger partial charge in [0.15, 0.2) is 9.84 Å². The Kier molecular flexibility index (Phi) is 3.59. The van der Waals surface area contributed by atoms with Crippen LogP contribution in [0.1, 0.15) is 5.56 Å². The van der Waals surface area contributed by atoms with Crippen LogP contribution in [0.2, 0.25) is 10.0 Å².